The molecule has 5 nitrogen and oxygen atoms in total. The van der Waals surface area contributed by atoms with E-state index in [4.69, 9.17) is 25.8 Å². The summed E-state index contributed by atoms with van der Waals surface area (Å²) in [6.45, 7) is 0.314. The molecule has 0 spiro atoms. The van der Waals surface area contributed by atoms with Crippen molar-refractivity contribution in [1.82, 2.24) is 9.97 Å². The number of hydrogen-bond donors (Lipinski definition) is 0. The van der Waals surface area contributed by atoms with Gasteiger partial charge in [-0.05, 0) is 24.3 Å². The molecule has 2 heterocycles. The van der Waals surface area contributed by atoms with Gasteiger partial charge in [-0.2, -0.15) is 0 Å². The largest absolute Gasteiger partial charge is 0.493 e. The van der Waals surface area contributed by atoms with E-state index in [2.05, 4.69) is 9.97 Å². The summed E-state index contributed by atoms with van der Waals surface area (Å²) >= 11 is 7.50. The highest BCUT2D eigenvalue weighted by Crippen LogP contribution is 2.39. The average molecular weight is 363 g/mol. The molecule has 0 bridgehead atoms. The molecule has 24 heavy (non-hydrogen) atoms. The molecule has 0 saturated carbocycles. The molecule has 0 aliphatic carbocycles. The molecule has 0 unspecified atom stereocenters. The van der Waals surface area contributed by atoms with Gasteiger partial charge in [0.1, 0.15) is 11.6 Å². The number of rotatable bonds is 6. The van der Waals surface area contributed by atoms with Crippen LogP contribution in [0.15, 0.2) is 41.9 Å². The van der Waals surface area contributed by atoms with Crippen LogP contribution in [0.1, 0.15) is 5.69 Å². The lowest BCUT2D eigenvalue weighted by Gasteiger charge is -2.10. The van der Waals surface area contributed by atoms with Gasteiger partial charge in [0.25, 0.3) is 0 Å². The smallest absolute Gasteiger partial charge is 0.171 e. The molecule has 3 aromatic rings. The van der Waals surface area contributed by atoms with Crippen molar-refractivity contribution in [2.45, 2.75) is 6.61 Å². The van der Waals surface area contributed by atoms with E-state index in [1.165, 1.54) is 11.3 Å². The summed E-state index contributed by atoms with van der Waals surface area (Å²) in [5.41, 5.74) is 1.69. The third-order valence-corrected chi connectivity index (χ3v) is 4.49. The molecule has 7 heteroatoms. The van der Waals surface area contributed by atoms with Crippen LogP contribution >= 0.6 is 22.9 Å². The van der Waals surface area contributed by atoms with E-state index in [0.717, 1.165) is 16.3 Å². The van der Waals surface area contributed by atoms with Crippen LogP contribution in [-0.4, -0.2) is 24.2 Å². The second-order valence-electron chi connectivity index (χ2n) is 4.77. The SMILES string of the molecule is COc1cccc(-c2nc(COc3cccnc3Cl)cs2)c1OC. The topological polar surface area (TPSA) is 53.5 Å². The zero-order chi connectivity index (χ0) is 16.9. The van der Waals surface area contributed by atoms with Gasteiger partial charge in [-0.25, -0.2) is 9.97 Å². The van der Waals surface area contributed by atoms with E-state index < -0.39 is 0 Å². The Morgan fingerprint density at radius 1 is 1.08 bits per heavy atom. The van der Waals surface area contributed by atoms with Crippen molar-refractivity contribution in [3.05, 3.63) is 52.8 Å². The van der Waals surface area contributed by atoms with Gasteiger partial charge < -0.3 is 14.2 Å². The number of para-hydroxylation sites is 1. The first kappa shape index (κ1) is 16.5. The van der Waals surface area contributed by atoms with Crippen LogP contribution in [0.3, 0.4) is 0 Å². The quantitative estimate of drug-likeness (QED) is 0.606. The van der Waals surface area contributed by atoms with Crippen LogP contribution in [-0.2, 0) is 6.61 Å². The van der Waals surface area contributed by atoms with E-state index in [1.54, 1.807) is 32.5 Å². The number of benzene rings is 1. The first-order valence-corrected chi connectivity index (χ1v) is 8.37. The highest BCUT2D eigenvalue weighted by atomic mass is 35.5. The van der Waals surface area contributed by atoms with E-state index in [-0.39, 0.29) is 0 Å². The Bertz CT molecular complexity index is 838. The molecule has 0 radical (unpaired) electrons. The number of halogens is 1. The van der Waals surface area contributed by atoms with E-state index >= 15 is 0 Å². The molecule has 0 atom stereocenters. The van der Waals surface area contributed by atoms with Crippen molar-refractivity contribution in [2.75, 3.05) is 14.2 Å². The molecule has 1 aromatic carbocycles. The highest BCUT2D eigenvalue weighted by molar-refractivity contribution is 7.13. The Balaban J connectivity index is 1.80. The molecule has 0 amide bonds. The van der Waals surface area contributed by atoms with E-state index in [1.807, 2.05) is 23.6 Å². The summed E-state index contributed by atoms with van der Waals surface area (Å²) in [7, 11) is 3.23. The number of pyridine rings is 1. The van der Waals surface area contributed by atoms with Crippen molar-refractivity contribution >= 4 is 22.9 Å². The summed E-state index contributed by atoms with van der Waals surface area (Å²) in [5, 5.41) is 3.11. The Morgan fingerprint density at radius 3 is 2.67 bits per heavy atom. The highest BCUT2D eigenvalue weighted by Gasteiger charge is 2.15. The number of thiazole rings is 1. The van der Waals surface area contributed by atoms with Gasteiger partial charge in [0.15, 0.2) is 22.4 Å². The minimum absolute atomic E-state index is 0.314. The Morgan fingerprint density at radius 2 is 1.92 bits per heavy atom. The van der Waals surface area contributed by atoms with Crippen LogP contribution in [0.25, 0.3) is 10.6 Å². The van der Waals surface area contributed by atoms with Crippen molar-refractivity contribution in [3.63, 3.8) is 0 Å². The summed E-state index contributed by atoms with van der Waals surface area (Å²) in [6, 6.07) is 9.25. The number of methoxy groups -OCH3 is 2. The van der Waals surface area contributed by atoms with Crippen molar-refractivity contribution in [2.24, 2.45) is 0 Å². The summed E-state index contributed by atoms with van der Waals surface area (Å²) < 4.78 is 16.5. The third kappa shape index (κ3) is 3.44. The molecule has 3 rings (SSSR count). The van der Waals surface area contributed by atoms with E-state index in [9.17, 15) is 0 Å². The molecular weight excluding hydrogens is 348 g/mol. The van der Waals surface area contributed by atoms with Crippen LogP contribution in [0.5, 0.6) is 17.2 Å². The van der Waals surface area contributed by atoms with Crippen molar-refractivity contribution < 1.29 is 14.2 Å². The maximum absolute atomic E-state index is 5.98. The molecule has 124 valence electrons. The lowest BCUT2D eigenvalue weighted by atomic mass is 10.2. The summed E-state index contributed by atoms with van der Waals surface area (Å²) in [6.07, 6.45) is 1.62. The molecule has 0 aliphatic rings. The second-order valence-corrected chi connectivity index (χ2v) is 5.98. The Hall–Kier alpha value is -2.31. The summed E-state index contributed by atoms with van der Waals surface area (Å²) in [4.78, 5) is 8.58. The average Bonchev–Trinajstić information content (AvgIpc) is 3.09. The van der Waals surface area contributed by atoms with Gasteiger partial charge in [-0.3, -0.25) is 0 Å². The Kier molecular flexibility index (Phi) is 5.17. The number of ether oxygens (including phenoxy) is 3. The monoisotopic (exact) mass is 362 g/mol. The van der Waals surface area contributed by atoms with Gasteiger partial charge in [-0.1, -0.05) is 17.7 Å². The Labute approximate surface area is 148 Å². The predicted molar refractivity (Wildman–Crippen MR) is 94.2 cm³/mol. The predicted octanol–water partition coefficient (Wildman–Crippen LogP) is 4.45. The standard InChI is InChI=1S/C17H15ClN2O3S/c1-21-13-6-3-5-12(15(13)22-2)17-20-11(10-24-17)9-23-14-7-4-8-19-16(14)18/h3-8,10H,9H2,1-2H3. The lowest BCUT2D eigenvalue weighted by molar-refractivity contribution is 0.301. The van der Waals surface area contributed by atoms with Gasteiger partial charge >= 0.3 is 0 Å². The van der Waals surface area contributed by atoms with Gasteiger partial charge in [-0.15, -0.1) is 11.3 Å². The van der Waals surface area contributed by atoms with Crippen LogP contribution in [0, 0.1) is 0 Å². The van der Waals surface area contributed by atoms with Gasteiger partial charge in [0.2, 0.25) is 0 Å². The molecule has 0 aliphatic heterocycles. The van der Waals surface area contributed by atoms with Crippen LogP contribution in [0.4, 0.5) is 0 Å². The first-order chi connectivity index (χ1) is 11.7. The van der Waals surface area contributed by atoms with Crippen LogP contribution in [0.2, 0.25) is 5.15 Å². The van der Waals surface area contributed by atoms with E-state index in [0.29, 0.717) is 29.0 Å². The second kappa shape index (κ2) is 7.51. The fourth-order valence-corrected chi connectivity index (χ4v) is 3.18. The van der Waals surface area contributed by atoms with Crippen LogP contribution < -0.4 is 14.2 Å². The fraction of sp³-hybridized carbons (Fsp3) is 0.176. The first-order valence-electron chi connectivity index (χ1n) is 7.12. The molecule has 0 N–H and O–H groups in total. The van der Waals surface area contributed by atoms with Gasteiger partial charge in [0, 0.05) is 11.6 Å². The fourth-order valence-electron chi connectivity index (χ4n) is 2.18. The molecule has 0 saturated heterocycles. The lowest BCUT2D eigenvalue weighted by Crippen LogP contribution is -1.97. The molecule has 2 aromatic heterocycles. The molecule has 0 fully saturated rings. The summed E-state index contributed by atoms with van der Waals surface area (Å²) in [5.74, 6) is 1.87. The normalized spacial score (nSPS) is 10.5. The molecular formula is C17H15ClN2O3S. The zero-order valence-electron chi connectivity index (χ0n) is 13.2. The minimum Gasteiger partial charge on any atom is -0.493 e. The van der Waals surface area contributed by atoms with Gasteiger partial charge in [0.05, 0.1) is 25.5 Å². The number of hydrogen-bond acceptors (Lipinski definition) is 6. The third-order valence-electron chi connectivity index (χ3n) is 3.29. The zero-order valence-corrected chi connectivity index (χ0v) is 14.7. The maximum Gasteiger partial charge on any atom is 0.171 e. The van der Waals surface area contributed by atoms with Crippen molar-refractivity contribution in [1.29, 1.82) is 0 Å². The maximum atomic E-state index is 5.98. The number of nitrogens with zero attached hydrogens (tertiary/aromatic N) is 2. The number of aromatic nitrogens is 2. The van der Waals surface area contributed by atoms with Crippen molar-refractivity contribution in [3.8, 4) is 27.8 Å². The minimum atomic E-state index is 0.314.